The van der Waals surface area contributed by atoms with Crippen molar-refractivity contribution >= 4 is 6.21 Å². The standard InChI is InChI=1S/C12H17NO3/c1-15-8-4-7-13-9-10-5-3-6-11(16-2)12(10)14/h3,5-6,9,14H,4,7-8H2,1-2H3. The van der Waals surface area contributed by atoms with Gasteiger partial charge in [-0.3, -0.25) is 4.99 Å². The number of hydrogen-bond donors (Lipinski definition) is 1. The molecule has 88 valence electrons. The van der Waals surface area contributed by atoms with E-state index in [4.69, 9.17) is 9.47 Å². The van der Waals surface area contributed by atoms with Crippen molar-refractivity contribution in [1.82, 2.24) is 0 Å². The zero-order valence-corrected chi connectivity index (χ0v) is 9.64. The van der Waals surface area contributed by atoms with E-state index in [1.54, 1.807) is 25.5 Å². The van der Waals surface area contributed by atoms with Crippen molar-refractivity contribution in [1.29, 1.82) is 0 Å². The maximum atomic E-state index is 9.75. The molecule has 0 fully saturated rings. The lowest BCUT2D eigenvalue weighted by atomic mass is 10.2. The molecule has 0 radical (unpaired) electrons. The van der Waals surface area contributed by atoms with Gasteiger partial charge in [0.25, 0.3) is 0 Å². The molecule has 0 aliphatic rings. The molecule has 4 nitrogen and oxygen atoms in total. The Morgan fingerprint density at radius 2 is 2.19 bits per heavy atom. The molecule has 16 heavy (non-hydrogen) atoms. The molecule has 1 aromatic carbocycles. The quantitative estimate of drug-likeness (QED) is 0.591. The topological polar surface area (TPSA) is 51.0 Å². The van der Waals surface area contributed by atoms with E-state index in [2.05, 4.69) is 4.99 Å². The summed E-state index contributed by atoms with van der Waals surface area (Å²) in [4.78, 5) is 4.19. The molecular formula is C12H17NO3. The fourth-order valence-corrected chi connectivity index (χ4v) is 1.27. The summed E-state index contributed by atoms with van der Waals surface area (Å²) in [7, 11) is 3.19. The number of aromatic hydroxyl groups is 1. The molecule has 0 unspecified atom stereocenters. The second kappa shape index (κ2) is 6.85. The summed E-state index contributed by atoms with van der Waals surface area (Å²) in [6.45, 7) is 1.38. The highest BCUT2D eigenvalue weighted by Gasteiger charge is 2.03. The molecular weight excluding hydrogens is 206 g/mol. The number of rotatable bonds is 6. The Labute approximate surface area is 95.5 Å². The first-order valence-corrected chi connectivity index (χ1v) is 5.14. The molecule has 4 heteroatoms. The van der Waals surface area contributed by atoms with Crippen LogP contribution in [0.3, 0.4) is 0 Å². The number of ether oxygens (including phenoxy) is 2. The largest absolute Gasteiger partial charge is 0.504 e. The van der Waals surface area contributed by atoms with E-state index in [-0.39, 0.29) is 5.75 Å². The maximum Gasteiger partial charge on any atom is 0.166 e. The molecule has 0 aromatic heterocycles. The molecule has 1 rings (SSSR count). The highest BCUT2D eigenvalue weighted by molar-refractivity contribution is 5.84. The third-order valence-corrected chi connectivity index (χ3v) is 2.12. The molecule has 1 aromatic rings. The third-order valence-electron chi connectivity index (χ3n) is 2.12. The molecule has 0 bridgehead atoms. The Hall–Kier alpha value is -1.55. The van der Waals surface area contributed by atoms with E-state index < -0.39 is 0 Å². The average Bonchev–Trinajstić information content (AvgIpc) is 2.31. The monoisotopic (exact) mass is 223 g/mol. The Morgan fingerprint density at radius 3 is 2.88 bits per heavy atom. The van der Waals surface area contributed by atoms with Gasteiger partial charge in [0.2, 0.25) is 0 Å². The Balaban J connectivity index is 2.59. The number of para-hydroxylation sites is 1. The van der Waals surface area contributed by atoms with Crippen LogP contribution in [0.25, 0.3) is 0 Å². The van der Waals surface area contributed by atoms with Crippen molar-refractivity contribution in [2.45, 2.75) is 6.42 Å². The van der Waals surface area contributed by atoms with E-state index in [1.807, 2.05) is 6.07 Å². The van der Waals surface area contributed by atoms with Crippen molar-refractivity contribution in [3.8, 4) is 11.5 Å². The van der Waals surface area contributed by atoms with Gasteiger partial charge < -0.3 is 14.6 Å². The predicted molar refractivity (Wildman–Crippen MR) is 63.6 cm³/mol. The molecule has 1 N–H and O–H groups in total. The fourth-order valence-electron chi connectivity index (χ4n) is 1.27. The van der Waals surface area contributed by atoms with E-state index in [0.29, 0.717) is 24.5 Å². The second-order valence-corrected chi connectivity index (χ2v) is 3.28. The molecule has 0 saturated heterocycles. The first kappa shape index (κ1) is 12.5. The SMILES string of the molecule is COCCCN=Cc1cccc(OC)c1O. The van der Waals surface area contributed by atoms with E-state index in [0.717, 1.165) is 6.42 Å². The summed E-state index contributed by atoms with van der Waals surface area (Å²) < 4.78 is 9.91. The van der Waals surface area contributed by atoms with Crippen LogP contribution < -0.4 is 4.74 Å². The lowest BCUT2D eigenvalue weighted by Gasteiger charge is -2.04. The number of nitrogens with zero attached hydrogens (tertiary/aromatic N) is 1. The van der Waals surface area contributed by atoms with Crippen LogP contribution >= 0.6 is 0 Å². The lowest BCUT2D eigenvalue weighted by Crippen LogP contribution is -1.93. The molecule has 0 aliphatic carbocycles. The maximum absolute atomic E-state index is 9.75. The molecule has 0 saturated carbocycles. The van der Waals surface area contributed by atoms with E-state index >= 15 is 0 Å². The van der Waals surface area contributed by atoms with Crippen LogP contribution in [0.15, 0.2) is 23.2 Å². The highest BCUT2D eigenvalue weighted by Crippen LogP contribution is 2.27. The number of methoxy groups -OCH3 is 2. The summed E-state index contributed by atoms with van der Waals surface area (Å²) >= 11 is 0. The first-order chi connectivity index (χ1) is 7.79. The first-order valence-electron chi connectivity index (χ1n) is 5.14. The van der Waals surface area contributed by atoms with E-state index in [1.165, 1.54) is 7.11 Å². The van der Waals surface area contributed by atoms with E-state index in [9.17, 15) is 5.11 Å². The van der Waals surface area contributed by atoms with Crippen molar-refractivity contribution in [3.63, 3.8) is 0 Å². The Bertz CT molecular complexity index is 350. The fraction of sp³-hybridized carbons (Fsp3) is 0.417. The molecule has 0 amide bonds. The minimum Gasteiger partial charge on any atom is -0.504 e. The Morgan fingerprint density at radius 1 is 1.38 bits per heavy atom. The normalized spacial score (nSPS) is 10.9. The zero-order chi connectivity index (χ0) is 11.8. The van der Waals surface area contributed by atoms with Crippen molar-refractivity contribution in [3.05, 3.63) is 23.8 Å². The van der Waals surface area contributed by atoms with Crippen LogP contribution in [0, 0.1) is 0 Å². The van der Waals surface area contributed by atoms with Crippen LogP contribution in [0.2, 0.25) is 0 Å². The highest BCUT2D eigenvalue weighted by atomic mass is 16.5. The van der Waals surface area contributed by atoms with Gasteiger partial charge in [-0.25, -0.2) is 0 Å². The third kappa shape index (κ3) is 3.55. The lowest BCUT2D eigenvalue weighted by molar-refractivity contribution is 0.197. The van der Waals surface area contributed by atoms with Crippen LogP contribution in [0.5, 0.6) is 11.5 Å². The summed E-state index contributed by atoms with van der Waals surface area (Å²) in [6.07, 6.45) is 2.52. The summed E-state index contributed by atoms with van der Waals surface area (Å²) in [5.74, 6) is 0.585. The van der Waals surface area contributed by atoms with Gasteiger partial charge in [0, 0.05) is 32.0 Å². The molecule has 0 spiro atoms. The van der Waals surface area contributed by atoms with Gasteiger partial charge in [-0.1, -0.05) is 6.07 Å². The summed E-state index contributed by atoms with van der Waals surface area (Å²) in [6, 6.07) is 5.31. The zero-order valence-electron chi connectivity index (χ0n) is 9.64. The van der Waals surface area contributed by atoms with Crippen LogP contribution in [0.4, 0.5) is 0 Å². The summed E-state index contributed by atoms with van der Waals surface area (Å²) in [5.41, 5.74) is 0.664. The van der Waals surface area contributed by atoms with Gasteiger partial charge in [0.05, 0.1) is 7.11 Å². The van der Waals surface area contributed by atoms with Gasteiger partial charge in [0.15, 0.2) is 11.5 Å². The van der Waals surface area contributed by atoms with Crippen molar-refractivity contribution in [2.24, 2.45) is 4.99 Å². The van der Waals surface area contributed by atoms with Crippen LogP contribution in [0.1, 0.15) is 12.0 Å². The second-order valence-electron chi connectivity index (χ2n) is 3.28. The number of hydrogen-bond acceptors (Lipinski definition) is 4. The molecule has 0 aliphatic heterocycles. The number of benzene rings is 1. The number of phenols is 1. The minimum absolute atomic E-state index is 0.125. The van der Waals surface area contributed by atoms with Crippen molar-refractivity contribution in [2.75, 3.05) is 27.4 Å². The average molecular weight is 223 g/mol. The van der Waals surface area contributed by atoms with Crippen molar-refractivity contribution < 1.29 is 14.6 Å². The Kier molecular flexibility index (Phi) is 5.36. The van der Waals surface area contributed by atoms with Gasteiger partial charge >= 0.3 is 0 Å². The van der Waals surface area contributed by atoms with Crippen LogP contribution in [-0.2, 0) is 4.74 Å². The number of phenolic OH excluding ortho intramolecular Hbond substituents is 1. The smallest absolute Gasteiger partial charge is 0.166 e. The van der Waals surface area contributed by atoms with Gasteiger partial charge in [-0.05, 0) is 18.6 Å². The number of aliphatic imine (C=N–C) groups is 1. The summed E-state index contributed by atoms with van der Waals surface area (Å²) in [5, 5.41) is 9.75. The van der Waals surface area contributed by atoms with Gasteiger partial charge in [-0.15, -0.1) is 0 Å². The van der Waals surface area contributed by atoms with Crippen LogP contribution in [-0.4, -0.2) is 38.7 Å². The van der Waals surface area contributed by atoms with Gasteiger partial charge in [0.1, 0.15) is 0 Å². The minimum atomic E-state index is 0.125. The molecule has 0 heterocycles. The predicted octanol–water partition coefficient (Wildman–Crippen LogP) is 1.86. The van der Waals surface area contributed by atoms with Gasteiger partial charge in [-0.2, -0.15) is 0 Å². The molecule has 0 atom stereocenters.